The third-order valence-corrected chi connectivity index (χ3v) is 4.68. The number of carbonyl (C=O) groups excluding carboxylic acids is 1. The van der Waals surface area contributed by atoms with Crippen LogP contribution in [0.15, 0.2) is 36.9 Å². The number of aromatic nitrogens is 3. The van der Waals surface area contributed by atoms with Crippen LogP contribution in [-0.2, 0) is 13.1 Å². The summed E-state index contributed by atoms with van der Waals surface area (Å²) in [5, 5.41) is 10.1. The lowest BCUT2D eigenvalue weighted by molar-refractivity contribution is 0.226. The van der Waals surface area contributed by atoms with Crippen LogP contribution in [0, 0.1) is 0 Å². The molecule has 25 heavy (non-hydrogen) atoms. The molecule has 0 radical (unpaired) electrons. The minimum absolute atomic E-state index is 0.124. The van der Waals surface area contributed by atoms with Gasteiger partial charge in [-0.15, -0.1) is 0 Å². The molecule has 0 unspecified atom stereocenters. The van der Waals surface area contributed by atoms with Gasteiger partial charge >= 0.3 is 6.03 Å². The molecule has 2 heterocycles. The van der Waals surface area contributed by atoms with Crippen molar-refractivity contribution in [1.82, 2.24) is 30.3 Å². The van der Waals surface area contributed by atoms with E-state index in [0.29, 0.717) is 25.7 Å². The lowest BCUT2D eigenvalue weighted by Crippen LogP contribution is -2.44. The van der Waals surface area contributed by atoms with E-state index in [9.17, 15) is 4.79 Å². The van der Waals surface area contributed by atoms with E-state index in [1.54, 1.807) is 11.0 Å². The normalized spacial score (nSPS) is 15.9. The summed E-state index contributed by atoms with van der Waals surface area (Å²) in [7, 11) is 0. The summed E-state index contributed by atoms with van der Waals surface area (Å²) in [4.78, 5) is 18.5. The number of hydrogen-bond donors (Lipinski definition) is 2. The molecule has 1 saturated heterocycles. The Hall–Kier alpha value is -2.41. The van der Waals surface area contributed by atoms with Gasteiger partial charge in [-0.25, -0.2) is 14.5 Å². The highest BCUT2D eigenvalue weighted by Crippen LogP contribution is 2.11. The molecule has 0 spiro atoms. The van der Waals surface area contributed by atoms with Crippen molar-refractivity contribution in [3.05, 3.63) is 48.0 Å². The first kappa shape index (κ1) is 17.4. The van der Waals surface area contributed by atoms with Gasteiger partial charge in [0.1, 0.15) is 12.7 Å². The van der Waals surface area contributed by atoms with E-state index in [-0.39, 0.29) is 6.03 Å². The van der Waals surface area contributed by atoms with Crippen LogP contribution in [0.25, 0.3) is 0 Å². The highest BCUT2D eigenvalue weighted by molar-refractivity contribution is 5.73. The number of urea groups is 1. The third kappa shape index (κ3) is 5.03. The van der Waals surface area contributed by atoms with Crippen molar-refractivity contribution in [3.8, 4) is 0 Å². The summed E-state index contributed by atoms with van der Waals surface area (Å²) in [5.74, 6) is 0. The van der Waals surface area contributed by atoms with Crippen molar-refractivity contribution < 1.29 is 4.79 Å². The maximum absolute atomic E-state index is 12.1. The van der Waals surface area contributed by atoms with Crippen LogP contribution in [0.1, 0.15) is 30.9 Å². The smallest absolute Gasteiger partial charge is 0.315 e. The highest BCUT2D eigenvalue weighted by atomic mass is 16.2. The number of carbonyl (C=O) groups is 1. The van der Waals surface area contributed by atoms with E-state index >= 15 is 0 Å². The van der Waals surface area contributed by atoms with Crippen LogP contribution in [0.5, 0.6) is 0 Å². The lowest BCUT2D eigenvalue weighted by Gasteiger charge is -2.23. The standard InChI is InChI=1S/C18H26N6O/c1-15(23-8-4-5-9-23)10-20-18(25)21-11-16-6-2-3-7-17(16)12-24-14-19-13-22-24/h2-3,6-7,13-15H,4-5,8-12H2,1H3,(H2,20,21,25)/t15-/m0/s1. The van der Waals surface area contributed by atoms with Gasteiger partial charge in [0, 0.05) is 19.1 Å². The van der Waals surface area contributed by atoms with Gasteiger partial charge in [-0.3, -0.25) is 4.90 Å². The van der Waals surface area contributed by atoms with Crippen molar-refractivity contribution in [2.24, 2.45) is 0 Å². The van der Waals surface area contributed by atoms with Crippen molar-refractivity contribution in [2.75, 3.05) is 19.6 Å². The zero-order chi connectivity index (χ0) is 17.5. The minimum Gasteiger partial charge on any atom is -0.337 e. The summed E-state index contributed by atoms with van der Waals surface area (Å²) in [5.41, 5.74) is 2.21. The van der Waals surface area contributed by atoms with Gasteiger partial charge in [-0.1, -0.05) is 24.3 Å². The largest absolute Gasteiger partial charge is 0.337 e. The molecule has 2 aromatic rings. The third-order valence-electron chi connectivity index (χ3n) is 4.68. The fourth-order valence-corrected chi connectivity index (χ4v) is 3.16. The first-order chi connectivity index (χ1) is 12.2. The van der Waals surface area contributed by atoms with Crippen LogP contribution >= 0.6 is 0 Å². The van der Waals surface area contributed by atoms with Gasteiger partial charge in [0.15, 0.2) is 0 Å². The van der Waals surface area contributed by atoms with E-state index < -0.39 is 0 Å². The van der Waals surface area contributed by atoms with Crippen molar-refractivity contribution in [2.45, 2.75) is 38.9 Å². The maximum Gasteiger partial charge on any atom is 0.315 e. The molecule has 134 valence electrons. The molecule has 1 aliphatic heterocycles. The predicted octanol–water partition coefficient (Wildman–Crippen LogP) is 1.61. The molecule has 1 aromatic heterocycles. The molecule has 7 nitrogen and oxygen atoms in total. The molecular weight excluding hydrogens is 316 g/mol. The first-order valence-electron chi connectivity index (χ1n) is 8.87. The van der Waals surface area contributed by atoms with E-state index in [0.717, 1.165) is 24.2 Å². The molecule has 0 bridgehead atoms. The quantitative estimate of drug-likeness (QED) is 0.802. The number of benzene rings is 1. The molecule has 7 heteroatoms. The number of amides is 2. The van der Waals surface area contributed by atoms with Crippen molar-refractivity contribution in [1.29, 1.82) is 0 Å². The summed E-state index contributed by atoms with van der Waals surface area (Å²) in [6, 6.07) is 8.31. The number of hydrogen-bond acceptors (Lipinski definition) is 4. The Morgan fingerprint density at radius 2 is 1.96 bits per heavy atom. The van der Waals surface area contributed by atoms with Gasteiger partial charge in [0.05, 0.1) is 6.54 Å². The Kier molecular flexibility index (Phi) is 6.00. The molecule has 1 aliphatic rings. The van der Waals surface area contributed by atoms with Gasteiger partial charge < -0.3 is 10.6 Å². The molecule has 1 fully saturated rings. The summed E-state index contributed by atoms with van der Waals surface area (Å²) >= 11 is 0. The Balaban J connectivity index is 1.47. The molecule has 2 N–H and O–H groups in total. The monoisotopic (exact) mass is 342 g/mol. The zero-order valence-electron chi connectivity index (χ0n) is 14.7. The van der Waals surface area contributed by atoms with E-state index in [1.165, 1.54) is 19.2 Å². The molecule has 1 atom stereocenters. The lowest BCUT2D eigenvalue weighted by atomic mass is 10.1. The SMILES string of the molecule is C[C@@H](CNC(=O)NCc1ccccc1Cn1cncn1)N1CCCC1. The molecule has 0 aliphatic carbocycles. The fraction of sp³-hybridized carbons (Fsp3) is 0.500. The Labute approximate surface area is 148 Å². The average Bonchev–Trinajstić information content (AvgIpc) is 3.32. The van der Waals surface area contributed by atoms with Crippen LogP contribution < -0.4 is 10.6 Å². The van der Waals surface area contributed by atoms with Gasteiger partial charge in [0.2, 0.25) is 0 Å². The number of nitrogens with one attached hydrogen (secondary N) is 2. The highest BCUT2D eigenvalue weighted by Gasteiger charge is 2.18. The minimum atomic E-state index is -0.124. The van der Waals surface area contributed by atoms with Crippen LogP contribution in [0.4, 0.5) is 4.79 Å². The van der Waals surface area contributed by atoms with Gasteiger partial charge in [-0.2, -0.15) is 5.10 Å². The Bertz CT molecular complexity index is 666. The van der Waals surface area contributed by atoms with Gasteiger partial charge in [0.25, 0.3) is 0 Å². The van der Waals surface area contributed by atoms with Crippen molar-refractivity contribution >= 4 is 6.03 Å². The maximum atomic E-state index is 12.1. The zero-order valence-corrected chi connectivity index (χ0v) is 14.7. The molecular formula is C18H26N6O. The predicted molar refractivity (Wildman–Crippen MR) is 96.1 cm³/mol. The Morgan fingerprint density at radius 1 is 1.20 bits per heavy atom. The van der Waals surface area contributed by atoms with Crippen LogP contribution in [0.3, 0.4) is 0 Å². The number of nitrogens with zero attached hydrogens (tertiary/aromatic N) is 4. The molecule has 1 aromatic carbocycles. The topological polar surface area (TPSA) is 75.1 Å². The van der Waals surface area contributed by atoms with Crippen LogP contribution in [-0.4, -0.2) is 51.4 Å². The summed E-state index contributed by atoms with van der Waals surface area (Å²) in [6.07, 6.45) is 5.74. The second-order valence-corrected chi connectivity index (χ2v) is 6.52. The van der Waals surface area contributed by atoms with E-state index in [2.05, 4.69) is 32.5 Å². The average molecular weight is 342 g/mol. The summed E-state index contributed by atoms with van der Waals surface area (Å²) in [6.45, 7) is 6.26. The Morgan fingerprint density at radius 3 is 2.68 bits per heavy atom. The van der Waals surface area contributed by atoms with Crippen molar-refractivity contribution in [3.63, 3.8) is 0 Å². The molecule has 3 rings (SSSR count). The molecule has 0 saturated carbocycles. The van der Waals surface area contributed by atoms with Gasteiger partial charge in [-0.05, 0) is 44.0 Å². The first-order valence-corrected chi connectivity index (χ1v) is 8.87. The van der Waals surface area contributed by atoms with E-state index in [4.69, 9.17) is 0 Å². The van der Waals surface area contributed by atoms with Crippen LogP contribution in [0.2, 0.25) is 0 Å². The summed E-state index contributed by atoms with van der Waals surface area (Å²) < 4.78 is 1.77. The number of rotatable bonds is 7. The fourth-order valence-electron chi connectivity index (χ4n) is 3.16. The number of likely N-dealkylation sites (tertiary alicyclic amines) is 1. The second kappa shape index (κ2) is 8.62. The molecule has 2 amide bonds. The second-order valence-electron chi connectivity index (χ2n) is 6.52. The van der Waals surface area contributed by atoms with E-state index in [1.807, 2.05) is 24.3 Å².